The second-order valence-electron chi connectivity index (χ2n) is 8.55. The van der Waals surface area contributed by atoms with Crippen LogP contribution >= 0.6 is 0 Å². The molecule has 0 spiro atoms. The van der Waals surface area contributed by atoms with Gasteiger partial charge in [0.15, 0.2) is 0 Å². The van der Waals surface area contributed by atoms with Crippen molar-refractivity contribution in [3.05, 3.63) is 0 Å². The molecule has 0 heterocycles. The lowest BCUT2D eigenvalue weighted by Gasteiger charge is -2.41. The lowest BCUT2D eigenvalue weighted by Crippen LogP contribution is -2.30. The first-order valence-corrected chi connectivity index (χ1v) is 7.97. The Morgan fingerprint density at radius 2 is 1.65 bits per heavy atom. The molecule has 17 heavy (non-hydrogen) atoms. The van der Waals surface area contributed by atoms with Crippen LogP contribution < -0.4 is 0 Å². The zero-order valence-electron chi connectivity index (χ0n) is 12.1. The quantitative estimate of drug-likeness (QED) is 0.598. The predicted octanol–water partition coefficient (Wildman–Crippen LogP) is 5.42. The summed E-state index contributed by atoms with van der Waals surface area (Å²) in [5.41, 5.74) is 1.39. The topological polar surface area (TPSA) is 0 Å². The lowest BCUT2D eigenvalue weighted by molar-refractivity contribution is 0.0993. The van der Waals surface area contributed by atoms with E-state index >= 15 is 0 Å². The molecule has 0 saturated heterocycles. The van der Waals surface area contributed by atoms with Gasteiger partial charge in [0.05, 0.1) is 0 Å². The van der Waals surface area contributed by atoms with Crippen LogP contribution in [0, 0.1) is 28.6 Å². The summed E-state index contributed by atoms with van der Waals surface area (Å²) < 4.78 is 0. The van der Waals surface area contributed by atoms with Crippen LogP contribution in [0.3, 0.4) is 0 Å². The summed E-state index contributed by atoms with van der Waals surface area (Å²) in [7, 11) is 0. The molecule has 0 amide bonds. The zero-order chi connectivity index (χ0) is 12.1. The fourth-order valence-electron chi connectivity index (χ4n) is 5.29. The smallest absolute Gasteiger partial charge is 0.0292 e. The zero-order valence-corrected chi connectivity index (χ0v) is 12.1. The molecule has 2 bridgehead atoms. The maximum absolute atomic E-state index is 2.62. The van der Waals surface area contributed by atoms with E-state index < -0.39 is 0 Å². The van der Waals surface area contributed by atoms with Crippen molar-refractivity contribution < 1.29 is 0 Å². The van der Waals surface area contributed by atoms with E-state index in [9.17, 15) is 0 Å². The molecule has 3 rings (SSSR count). The van der Waals surface area contributed by atoms with Gasteiger partial charge < -0.3 is 0 Å². The van der Waals surface area contributed by atoms with Gasteiger partial charge in [-0.15, -0.1) is 0 Å². The first kappa shape index (κ1) is 12.1. The largest absolute Gasteiger partial charge is 0.0599 e. The number of rotatable bonds is 2. The van der Waals surface area contributed by atoms with E-state index in [4.69, 9.17) is 0 Å². The van der Waals surface area contributed by atoms with Crippen molar-refractivity contribution >= 4 is 0 Å². The molecule has 0 aliphatic heterocycles. The lowest BCUT2D eigenvalue weighted by atomic mass is 9.64. The van der Waals surface area contributed by atoms with Gasteiger partial charge in [-0.1, -0.05) is 27.2 Å². The number of hydrogen-bond acceptors (Lipinski definition) is 0. The minimum absolute atomic E-state index is 0.645. The first-order chi connectivity index (χ1) is 7.97. The third-order valence-corrected chi connectivity index (χ3v) is 6.50. The molecule has 0 aromatic rings. The average molecular weight is 234 g/mol. The fourth-order valence-corrected chi connectivity index (χ4v) is 5.29. The Bertz CT molecular complexity index is 280. The molecule has 0 aromatic carbocycles. The summed E-state index contributed by atoms with van der Waals surface area (Å²) in [6.07, 6.45) is 13.8. The van der Waals surface area contributed by atoms with E-state index in [1.807, 2.05) is 0 Å². The van der Waals surface area contributed by atoms with Gasteiger partial charge in [-0.25, -0.2) is 0 Å². The van der Waals surface area contributed by atoms with Crippen molar-refractivity contribution in [1.29, 1.82) is 0 Å². The van der Waals surface area contributed by atoms with Gasteiger partial charge in [-0.3, -0.25) is 0 Å². The van der Waals surface area contributed by atoms with E-state index in [1.54, 1.807) is 32.1 Å². The van der Waals surface area contributed by atoms with E-state index in [-0.39, 0.29) is 0 Å². The minimum atomic E-state index is 0.645. The van der Waals surface area contributed by atoms with E-state index in [0.717, 1.165) is 23.2 Å². The van der Waals surface area contributed by atoms with Gasteiger partial charge >= 0.3 is 0 Å². The Morgan fingerprint density at radius 1 is 0.941 bits per heavy atom. The Labute approximate surface area is 108 Å². The van der Waals surface area contributed by atoms with Gasteiger partial charge in [0.1, 0.15) is 0 Å². The van der Waals surface area contributed by atoms with Gasteiger partial charge in [0, 0.05) is 0 Å². The van der Waals surface area contributed by atoms with Gasteiger partial charge in [0.25, 0.3) is 0 Å². The number of fused-ring (bicyclic) bond motifs is 2. The highest BCUT2D eigenvalue weighted by Gasteiger charge is 2.48. The Morgan fingerprint density at radius 3 is 2.18 bits per heavy atom. The maximum atomic E-state index is 2.62. The van der Waals surface area contributed by atoms with Crippen molar-refractivity contribution in [3.8, 4) is 0 Å². The Hall–Kier alpha value is 0. The monoisotopic (exact) mass is 234 g/mol. The molecule has 3 saturated carbocycles. The molecule has 0 N–H and O–H groups in total. The van der Waals surface area contributed by atoms with Crippen LogP contribution in [0.1, 0.15) is 78.6 Å². The number of hydrogen-bond donors (Lipinski definition) is 0. The van der Waals surface area contributed by atoms with Crippen LogP contribution in [0.2, 0.25) is 0 Å². The van der Waals surface area contributed by atoms with Crippen molar-refractivity contribution in [2.24, 2.45) is 28.6 Å². The molecule has 0 aromatic heterocycles. The van der Waals surface area contributed by atoms with Crippen molar-refractivity contribution in [1.82, 2.24) is 0 Å². The molecule has 3 unspecified atom stereocenters. The van der Waals surface area contributed by atoms with Gasteiger partial charge in [-0.05, 0) is 80.0 Å². The van der Waals surface area contributed by atoms with E-state index in [1.165, 1.54) is 25.7 Å². The highest BCUT2D eigenvalue weighted by atomic mass is 14.5. The molecule has 0 heteroatoms. The molecule has 3 fully saturated rings. The second kappa shape index (κ2) is 4.00. The summed E-state index contributed by atoms with van der Waals surface area (Å²) in [5.74, 6) is 3.28. The molecular weight excluding hydrogens is 204 g/mol. The van der Waals surface area contributed by atoms with Gasteiger partial charge in [-0.2, -0.15) is 0 Å². The summed E-state index contributed by atoms with van der Waals surface area (Å²) >= 11 is 0. The highest BCUT2D eigenvalue weighted by molar-refractivity contribution is 4.99. The van der Waals surface area contributed by atoms with E-state index in [2.05, 4.69) is 20.8 Å². The molecule has 0 nitrogen and oxygen atoms in total. The predicted molar refractivity (Wildman–Crippen MR) is 73.9 cm³/mol. The van der Waals surface area contributed by atoms with Crippen molar-refractivity contribution in [2.75, 3.05) is 0 Å². The molecule has 3 aliphatic carbocycles. The Balaban J connectivity index is 1.57. The minimum Gasteiger partial charge on any atom is -0.0599 e. The molecule has 3 atom stereocenters. The normalized spacial score (nSPS) is 45.4. The fraction of sp³-hybridized carbons (Fsp3) is 1.00. The van der Waals surface area contributed by atoms with Gasteiger partial charge in [0.2, 0.25) is 0 Å². The van der Waals surface area contributed by atoms with Crippen molar-refractivity contribution in [2.45, 2.75) is 78.6 Å². The molecule has 0 radical (unpaired) electrons. The third-order valence-electron chi connectivity index (χ3n) is 6.50. The van der Waals surface area contributed by atoms with Crippen molar-refractivity contribution in [3.63, 3.8) is 0 Å². The van der Waals surface area contributed by atoms with Crippen LogP contribution in [0.5, 0.6) is 0 Å². The van der Waals surface area contributed by atoms with Crippen LogP contribution in [-0.2, 0) is 0 Å². The molecular formula is C17H30. The van der Waals surface area contributed by atoms with Crippen LogP contribution in [-0.4, -0.2) is 0 Å². The van der Waals surface area contributed by atoms with Crippen LogP contribution in [0.4, 0.5) is 0 Å². The van der Waals surface area contributed by atoms with Crippen LogP contribution in [0.15, 0.2) is 0 Å². The first-order valence-electron chi connectivity index (χ1n) is 7.97. The summed E-state index contributed by atoms with van der Waals surface area (Å²) in [6, 6.07) is 0. The maximum Gasteiger partial charge on any atom is -0.0292 e. The van der Waals surface area contributed by atoms with E-state index in [0.29, 0.717) is 5.41 Å². The summed E-state index contributed by atoms with van der Waals surface area (Å²) in [5, 5.41) is 0. The SMILES string of the molecule is CC1(C)CCC(CC2(C)CC3CCC2C3)CC1. The molecule has 98 valence electrons. The second-order valence-corrected chi connectivity index (χ2v) is 8.55. The standard InChI is InChI=1S/C17H30/c1-16(2)8-6-13(7-9-16)11-17(3)12-14-4-5-15(17)10-14/h13-15H,4-12H2,1-3H3. The average Bonchev–Trinajstić information content (AvgIpc) is 2.81. The molecule has 3 aliphatic rings. The summed E-state index contributed by atoms with van der Waals surface area (Å²) in [4.78, 5) is 0. The summed E-state index contributed by atoms with van der Waals surface area (Å²) in [6.45, 7) is 7.54. The Kier molecular flexibility index (Phi) is 2.84. The highest BCUT2D eigenvalue weighted by Crippen LogP contribution is 2.59. The third kappa shape index (κ3) is 2.29. The van der Waals surface area contributed by atoms with Crippen LogP contribution in [0.25, 0.3) is 0 Å².